The van der Waals surface area contributed by atoms with Crippen molar-refractivity contribution in [1.82, 2.24) is 9.44 Å². The van der Waals surface area contributed by atoms with Crippen molar-refractivity contribution in [2.75, 3.05) is 14.1 Å². The summed E-state index contributed by atoms with van der Waals surface area (Å²) >= 11 is 11.5. The SMILES string of the molecule is CNS(=O)(=O)c1cc(Cl)cc(S(=O)(=O)NC)c1Cl. The van der Waals surface area contributed by atoms with Gasteiger partial charge in [-0.1, -0.05) is 23.2 Å². The van der Waals surface area contributed by atoms with Gasteiger partial charge in [0.25, 0.3) is 0 Å². The maximum absolute atomic E-state index is 11.7. The molecular formula is C8H10Cl2N2O4S2. The van der Waals surface area contributed by atoms with Crippen LogP contribution in [-0.4, -0.2) is 30.9 Å². The molecule has 0 aliphatic heterocycles. The first kappa shape index (κ1) is 15.7. The van der Waals surface area contributed by atoms with Gasteiger partial charge in [0.2, 0.25) is 20.0 Å². The second-order valence-corrected chi connectivity index (χ2v) is 7.66. The maximum Gasteiger partial charge on any atom is 0.241 e. The number of halogens is 2. The van der Waals surface area contributed by atoms with Crippen molar-refractivity contribution in [2.24, 2.45) is 0 Å². The van der Waals surface area contributed by atoms with Crippen LogP contribution in [0.1, 0.15) is 0 Å². The van der Waals surface area contributed by atoms with Crippen molar-refractivity contribution in [1.29, 1.82) is 0 Å². The predicted octanol–water partition coefficient (Wildman–Crippen LogP) is 0.810. The van der Waals surface area contributed by atoms with Crippen LogP contribution in [0.2, 0.25) is 10.0 Å². The molecule has 18 heavy (non-hydrogen) atoms. The molecule has 0 radical (unpaired) electrons. The molecule has 10 heteroatoms. The van der Waals surface area contributed by atoms with Crippen molar-refractivity contribution >= 4 is 43.2 Å². The molecule has 102 valence electrons. The van der Waals surface area contributed by atoms with E-state index in [1.165, 1.54) is 14.1 Å². The lowest BCUT2D eigenvalue weighted by Gasteiger charge is -2.10. The molecule has 0 unspecified atom stereocenters. The molecule has 0 bridgehead atoms. The van der Waals surface area contributed by atoms with Gasteiger partial charge in [-0.3, -0.25) is 0 Å². The number of sulfonamides is 2. The Morgan fingerprint density at radius 2 is 1.22 bits per heavy atom. The minimum absolute atomic E-state index is 0.0537. The van der Waals surface area contributed by atoms with Gasteiger partial charge in [0.1, 0.15) is 9.79 Å². The fourth-order valence-corrected chi connectivity index (χ4v) is 3.98. The summed E-state index contributed by atoms with van der Waals surface area (Å²) in [5.41, 5.74) is 0. The summed E-state index contributed by atoms with van der Waals surface area (Å²) in [6, 6.07) is 2.15. The Hall–Kier alpha value is -0.380. The number of hydrogen-bond donors (Lipinski definition) is 2. The number of nitrogens with one attached hydrogen (secondary N) is 2. The van der Waals surface area contributed by atoms with Crippen LogP contribution in [0.15, 0.2) is 21.9 Å². The molecule has 0 aromatic heterocycles. The lowest BCUT2D eigenvalue weighted by atomic mass is 10.3. The molecule has 2 N–H and O–H groups in total. The van der Waals surface area contributed by atoms with Gasteiger partial charge in [-0.05, 0) is 26.2 Å². The van der Waals surface area contributed by atoms with E-state index in [9.17, 15) is 16.8 Å². The smallest absolute Gasteiger partial charge is 0.214 e. The lowest BCUT2D eigenvalue weighted by Crippen LogP contribution is -2.22. The van der Waals surface area contributed by atoms with E-state index in [4.69, 9.17) is 23.2 Å². The summed E-state index contributed by atoms with van der Waals surface area (Å²) in [6.45, 7) is 0. The molecule has 0 spiro atoms. The van der Waals surface area contributed by atoms with E-state index in [2.05, 4.69) is 0 Å². The van der Waals surface area contributed by atoms with E-state index in [0.717, 1.165) is 12.1 Å². The molecule has 0 saturated heterocycles. The first-order valence-corrected chi connectivity index (χ1v) is 8.24. The lowest BCUT2D eigenvalue weighted by molar-refractivity contribution is 0.586. The largest absolute Gasteiger partial charge is 0.241 e. The Labute approximate surface area is 115 Å². The molecule has 0 aliphatic rings. The van der Waals surface area contributed by atoms with Crippen molar-refractivity contribution in [2.45, 2.75) is 9.79 Å². The quantitative estimate of drug-likeness (QED) is 0.853. The van der Waals surface area contributed by atoms with Crippen LogP contribution >= 0.6 is 23.2 Å². The third-order valence-electron chi connectivity index (χ3n) is 2.09. The third kappa shape index (κ3) is 2.95. The summed E-state index contributed by atoms with van der Waals surface area (Å²) in [6.07, 6.45) is 0. The van der Waals surface area contributed by atoms with Crippen LogP contribution in [0.3, 0.4) is 0 Å². The summed E-state index contributed by atoms with van der Waals surface area (Å²) in [7, 11) is -5.44. The van der Waals surface area contributed by atoms with Gasteiger partial charge in [0.15, 0.2) is 0 Å². The second-order valence-electron chi connectivity index (χ2n) is 3.13. The van der Waals surface area contributed by atoms with Crippen molar-refractivity contribution in [3.8, 4) is 0 Å². The number of benzene rings is 1. The molecule has 0 fully saturated rings. The highest BCUT2D eigenvalue weighted by Crippen LogP contribution is 2.31. The summed E-state index contributed by atoms with van der Waals surface area (Å²) in [4.78, 5) is -0.791. The van der Waals surface area contributed by atoms with Crippen LogP contribution < -0.4 is 9.44 Å². The van der Waals surface area contributed by atoms with Crippen LogP contribution in [0, 0.1) is 0 Å². The van der Waals surface area contributed by atoms with E-state index in [1.54, 1.807) is 0 Å². The standard InChI is InChI=1S/C8H10Cl2N2O4S2/c1-11-17(13,14)6-3-5(9)4-7(8(6)10)18(15,16)12-2/h3-4,11-12H,1-2H3. The topological polar surface area (TPSA) is 92.3 Å². The first-order chi connectivity index (χ1) is 8.15. The van der Waals surface area contributed by atoms with E-state index in [1.807, 2.05) is 9.44 Å². The van der Waals surface area contributed by atoms with Gasteiger partial charge in [0, 0.05) is 5.02 Å². The molecule has 0 heterocycles. The zero-order valence-corrected chi connectivity index (χ0v) is 12.5. The van der Waals surface area contributed by atoms with Gasteiger partial charge in [0.05, 0.1) is 5.02 Å². The van der Waals surface area contributed by atoms with Crippen LogP contribution in [0.5, 0.6) is 0 Å². The highest BCUT2D eigenvalue weighted by atomic mass is 35.5. The molecule has 1 aromatic rings. The summed E-state index contributed by atoms with van der Waals surface area (Å²) in [5.74, 6) is 0. The molecule has 1 aromatic carbocycles. The molecular weight excluding hydrogens is 323 g/mol. The molecule has 0 aliphatic carbocycles. The Bertz CT molecular complexity index is 615. The van der Waals surface area contributed by atoms with E-state index >= 15 is 0 Å². The molecule has 1 rings (SSSR count). The first-order valence-electron chi connectivity index (χ1n) is 4.52. The fraction of sp³-hybridized carbons (Fsp3) is 0.250. The minimum atomic E-state index is -3.90. The van der Waals surface area contributed by atoms with Gasteiger partial charge in [-0.2, -0.15) is 0 Å². The minimum Gasteiger partial charge on any atom is -0.214 e. The second kappa shape index (κ2) is 5.32. The molecule has 0 amide bonds. The molecule has 0 atom stereocenters. The average molecular weight is 333 g/mol. The Kier molecular flexibility index (Phi) is 4.63. The van der Waals surface area contributed by atoms with Crippen molar-refractivity contribution in [3.05, 3.63) is 22.2 Å². The van der Waals surface area contributed by atoms with Gasteiger partial charge in [-0.15, -0.1) is 0 Å². The monoisotopic (exact) mass is 332 g/mol. The Morgan fingerprint density at radius 3 is 1.50 bits per heavy atom. The fourth-order valence-electron chi connectivity index (χ4n) is 1.15. The van der Waals surface area contributed by atoms with Gasteiger partial charge < -0.3 is 0 Å². The van der Waals surface area contributed by atoms with Gasteiger partial charge in [-0.25, -0.2) is 26.3 Å². The highest BCUT2D eigenvalue weighted by molar-refractivity contribution is 7.90. The molecule has 0 saturated carbocycles. The third-order valence-corrected chi connectivity index (χ3v) is 5.81. The summed E-state index contributed by atoms with van der Waals surface area (Å²) < 4.78 is 50.8. The summed E-state index contributed by atoms with van der Waals surface area (Å²) in [5, 5.41) is -0.467. The van der Waals surface area contributed by atoms with E-state index in [0.29, 0.717) is 0 Å². The Balaban J connectivity index is 3.72. The average Bonchev–Trinajstić information content (AvgIpc) is 2.31. The normalized spacial score (nSPS) is 12.7. The predicted molar refractivity (Wildman–Crippen MR) is 69.0 cm³/mol. The molecule has 6 nitrogen and oxygen atoms in total. The number of rotatable bonds is 4. The number of hydrogen-bond acceptors (Lipinski definition) is 4. The van der Waals surface area contributed by atoms with E-state index in [-0.39, 0.29) is 5.02 Å². The maximum atomic E-state index is 11.7. The van der Waals surface area contributed by atoms with Crippen LogP contribution in [0.4, 0.5) is 0 Å². The highest BCUT2D eigenvalue weighted by Gasteiger charge is 2.25. The van der Waals surface area contributed by atoms with Crippen LogP contribution in [0.25, 0.3) is 0 Å². The van der Waals surface area contributed by atoms with Gasteiger partial charge >= 0.3 is 0 Å². The zero-order valence-electron chi connectivity index (χ0n) is 9.36. The Morgan fingerprint density at radius 1 is 0.889 bits per heavy atom. The van der Waals surface area contributed by atoms with Crippen LogP contribution in [-0.2, 0) is 20.0 Å². The van der Waals surface area contributed by atoms with E-state index < -0.39 is 34.9 Å². The zero-order chi connectivity index (χ0) is 14.1. The van der Waals surface area contributed by atoms with Crippen molar-refractivity contribution < 1.29 is 16.8 Å². The van der Waals surface area contributed by atoms with Crippen molar-refractivity contribution in [3.63, 3.8) is 0 Å².